The topological polar surface area (TPSA) is 73.0 Å². The van der Waals surface area contributed by atoms with Gasteiger partial charge in [0.15, 0.2) is 0 Å². The lowest BCUT2D eigenvalue weighted by molar-refractivity contribution is -0.133. The standard InChI is InChI=1S/C30H40N4O3/c1-4-25(23-11-7-5-8-12-23)29(36)34-19-17-32(18-20-34)27-14-13-24(31-28(35)22(2)3)21-26(27)30(37)33-15-9-6-10-16-33/h5,7-8,11-14,21-22,25H,4,6,9-10,15-20H2,1-3H3,(H,31,35)/t25-/m1/s1. The summed E-state index contributed by atoms with van der Waals surface area (Å²) in [4.78, 5) is 45.4. The lowest BCUT2D eigenvalue weighted by Crippen LogP contribution is -2.50. The summed E-state index contributed by atoms with van der Waals surface area (Å²) in [5.74, 6) is -0.156. The third-order valence-electron chi connectivity index (χ3n) is 7.50. The second-order valence-corrected chi connectivity index (χ2v) is 10.4. The van der Waals surface area contributed by atoms with Gasteiger partial charge in [0, 0.05) is 56.6 Å². The molecule has 0 unspecified atom stereocenters. The first kappa shape index (κ1) is 26.7. The molecule has 0 bridgehead atoms. The molecule has 4 rings (SSSR count). The van der Waals surface area contributed by atoms with Crippen molar-refractivity contribution < 1.29 is 14.4 Å². The van der Waals surface area contributed by atoms with Crippen LogP contribution in [0.2, 0.25) is 0 Å². The van der Waals surface area contributed by atoms with Gasteiger partial charge in [0.1, 0.15) is 0 Å². The highest BCUT2D eigenvalue weighted by molar-refractivity contribution is 6.02. The van der Waals surface area contributed by atoms with Gasteiger partial charge in [-0.3, -0.25) is 14.4 Å². The van der Waals surface area contributed by atoms with Crippen LogP contribution in [0.4, 0.5) is 11.4 Å². The van der Waals surface area contributed by atoms with Crippen LogP contribution in [0.15, 0.2) is 48.5 Å². The Labute approximate surface area is 220 Å². The number of likely N-dealkylation sites (tertiary alicyclic amines) is 1. The van der Waals surface area contributed by atoms with E-state index in [-0.39, 0.29) is 29.6 Å². The van der Waals surface area contributed by atoms with Gasteiger partial charge in [-0.05, 0) is 49.4 Å². The number of anilines is 2. The van der Waals surface area contributed by atoms with E-state index in [1.807, 2.05) is 72.2 Å². The molecular weight excluding hydrogens is 464 g/mol. The molecule has 1 N–H and O–H groups in total. The molecule has 3 amide bonds. The fourth-order valence-corrected chi connectivity index (χ4v) is 5.24. The van der Waals surface area contributed by atoms with Gasteiger partial charge in [-0.1, -0.05) is 51.1 Å². The van der Waals surface area contributed by atoms with E-state index in [1.165, 1.54) is 0 Å². The minimum absolute atomic E-state index is 0.0176. The Morgan fingerprint density at radius 3 is 2.14 bits per heavy atom. The summed E-state index contributed by atoms with van der Waals surface area (Å²) in [6.45, 7) is 9.85. The van der Waals surface area contributed by atoms with E-state index in [1.54, 1.807) is 0 Å². The second-order valence-electron chi connectivity index (χ2n) is 10.4. The van der Waals surface area contributed by atoms with E-state index in [4.69, 9.17) is 0 Å². The average molecular weight is 505 g/mol. The summed E-state index contributed by atoms with van der Waals surface area (Å²) in [6, 6.07) is 15.6. The molecule has 0 aliphatic carbocycles. The van der Waals surface area contributed by atoms with Crippen molar-refractivity contribution in [2.24, 2.45) is 5.92 Å². The zero-order chi connectivity index (χ0) is 26.4. The number of piperidine rings is 1. The van der Waals surface area contributed by atoms with Crippen molar-refractivity contribution in [1.29, 1.82) is 0 Å². The Hall–Kier alpha value is -3.35. The first-order valence-corrected chi connectivity index (χ1v) is 13.7. The molecule has 2 heterocycles. The van der Waals surface area contributed by atoms with Crippen molar-refractivity contribution in [3.63, 3.8) is 0 Å². The van der Waals surface area contributed by atoms with E-state index in [0.29, 0.717) is 37.4 Å². The minimum Gasteiger partial charge on any atom is -0.367 e. The number of hydrogen-bond acceptors (Lipinski definition) is 4. The molecule has 0 aromatic heterocycles. The third kappa shape index (κ3) is 6.32. The van der Waals surface area contributed by atoms with Crippen LogP contribution in [0.3, 0.4) is 0 Å². The number of carbonyl (C=O) groups is 3. The first-order valence-electron chi connectivity index (χ1n) is 13.7. The molecule has 0 radical (unpaired) electrons. The van der Waals surface area contributed by atoms with Gasteiger partial charge in [0.2, 0.25) is 11.8 Å². The molecule has 0 saturated carbocycles. The van der Waals surface area contributed by atoms with Gasteiger partial charge in [0.25, 0.3) is 5.91 Å². The molecule has 198 valence electrons. The van der Waals surface area contributed by atoms with Gasteiger partial charge >= 0.3 is 0 Å². The van der Waals surface area contributed by atoms with Crippen LogP contribution >= 0.6 is 0 Å². The number of benzene rings is 2. The van der Waals surface area contributed by atoms with Crippen molar-refractivity contribution in [2.75, 3.05) is 49.5 Å². The van der Waals surface area contributed by atoms with E-state index in [0.717, 1.165) is 50.0 Å². The molecule has 2 aliphatic rings. The summed E-state index contributed by atoms with van der Waals surface area (Å²) in [5.41, 5.74) is 3.20. The van der Waals surface area contributed by atoms with Gasteiger partial charge in [-0.25, -0.2) is 0 Å². The lowest BCUT2D eigenvalue weighted by Gasteiger charge is -2.38. The highest BCUT2D eigenvalue weighted by Gasteiger charge is 2.30. The predicted molar refractivity (Wildman–Crippen MR) is 148 cm³/mol. The number of rotatable bonds is 7. The van der Waals surface area contributed by atoms with Crippen LogP contribution in [0.5, 0.6) is 0 Å². The van der Waals surface area contributed by atoms with E-state index >= 15 is 0 Å². The number of amides is 3. The normalized spacial score (nSPS) is 17.0. The van der Waals surface area contributed by atoms with Gasteiger partial charge in [-0.15, -0.1) is 0 Å². The number of hydrogen-bond donors (Lipinski definition) is 1. The van der Waals surface area contributed by atoms with Gasteiger partial charge < -0.3 is 20.0 Å². The number of piperazine rings is 1. The number of carbonyl (C=O) groups excluding carboxylic acids is 3. The lowest BCUT2D eigenvalue weighted by atomic mass is 9.94. The van der Waals surface area contributed by atoms with Crippen molar-refractivity contribution >= 4 is 29.1 Å². The Morgan fingerprint density at radius 2 is 1.51 bits per heavy atom. The third-order valence-corrected chi connectivity index (χ3v) is 7.50. The van der Waals surface area contributed by atoms with Crippen LogP contribution in [0.1, 0.15) is 68.3 Å². The number of nitrogens with one attached hydrogen (secondary N) is 1. The Balaban J connectivity index is 1.51. The average Bonchev–Trinajstić information content (AvgIpc) is 2.94. The summed E-state index contributed by atoms with van der Waals surface area (Å²) in [6.07, 6.45) is 3.96. The maximum absolute atomic E-state index is 13.6. The Bertz CT molecular complexity index is 1090. The molecular formula is C30H40N4O3. The second kappa shape index (κ2) is 12.3. The molecule has 2 saturated heterocycles. The molecule has 2 aromatic rings. The quantitative estimate of drug-likeness (QED) is 0.591. The predicted octanol–water partition coefficient (Wildman–Crippen LogP) is 4.75. The van der Waals surface area contributed by atoms with E-state index in [2.05, 4.69) is 17.1 Å². The summed E-state index contributed by atoms with van der Waals surface area (Å²) in [5, 5.41) is 2.95. The smallest absolute Gasteiger partial charge is 0.256 e. The van der Waals surface area contributed by atoms with E-state index in [9.17, 15) is 14.4 Å². The first-order chi connectivity index (χ1) is 17.9. The fourth-order valence-electron chi connectivity index (χ4n) is 5.24. The van der Waals surface area contributed by atoms with Crippen LogP contribution < -0.4 is 10.2 Å². The molecule has 0 spiro atoms. The van der Waals surface area contributed by atoms with Crippen LogP contribution in [-0.4, -0.2) is 66.8 Å². The van der Waals surface area contributed by atoms with Crippen LogP contribution in [-0.2, 0) is 9.59 Å². The molecule has 2 aliphatic heterocycles. The minimum atomic E-state index is -0.144. The maximum Gasteiger partial charge on any atom is 0.256 e. The van der Waals surface area contributed by atoms with Crippen molar-refractivity contribution in [2.45, 2.75) is 52.4 Å². The summed E-state index contributed by atoms with van der Waals surface area (Å²) >= 11 is 0. The maximum atomic E-state index is 13.6. The Kier molecular flexibility index (Phi) is 8.85. The number of nitrogens with zero attached hydrogens (tertiary/aromatic N) is 3. The van der Waals surface area contributed by atoms with Crippen molar-refractivity contribution in [1.82, 2.24) is 9.80 Å². The molecule has 2 fully saturated rings. The highest BCUT2D eigenvalue weighted by Crippen LogP contribution is 2.29. The van der Waals surface area contributed by atoms with Crippen LogP contribution in [0.25, 0.3) is 0 Å². The van der Waals surface area contributed by atoms with Crippen LogP contribution in [0, 0.1) is 5.92 Å². The highest BCUT2D eigenvalue weighted by atomic mass is 16.2. The molecule has 7 nitrogen and oxygen atoms in total. The zero-order valence-corrected chi connectivity index (χ0v) is 22.4. The monoisotopic (exact) mass is 504 g/mol. The van der Waals surface area contributed by atoms with Gasteiger partial charge in [-0.2, -0.15) is 0 Å². The van der Waals surface area contributed by atoms with Crippen molar-refractivity contribution in [3.8, 4) is 0 Å². The van der Waals surface area contributed by atoms with E-state index < -0.39 is 0 Å². The SMILES string of the molecule is CC[C@@H](C(=O)N1CCN(c2ccc(NC(=O)C(C)C)cc2C(=O)N2CCCCC2)CC1)c1ccccc1. The van der Waals surface area contributed by atoms with Gasteiger partial charge in [0.05, 0.1) is 11.5 Å². The Morgan fingerprint density at radius 1 is 0.838 bits per heavy atom. The largest absolute Gasteiger partial charge is 0.367 e. The zero-order valence-electron chi connectivity index (χ0n) is 22.4. The molecule has 1 atom stereocenters. The molecule has 2 aromatic carbocycles. The molecule has 7 heteroatoms. The molecule has 37 heavy (non-hydrogen) atoms. The van der Waals surface area contributed by atoms with Crippen molar-refractivity contribution in [3.05, 3.63) is 59.7 Å². The summed E-state index contributed by atoms with van der Waals surface area (Å²) < 4.78 is 0. The fraction of sp³-hybridized carbons (Fsp3) is 0.500. The summed E-state index contributed by atoms with van der Waals surface area (Å²) in [7, 11) is 0.